The summed E-state index contributed by atoms with van der Waals surface area (Å²) in [6.07, 6.45) is 0. The van der Waals surface area contributed by atoms with Crippen LogP contribution in [-0.4, -0.2) is 14.5 Å². The summed E-state index contributed by atoms with van der Waals surface area (Å²) in [6, 6.07) is 28.3. The first-order valence-electron chi connectivity index (χ1n) is 12.1. The molecule has 0 amide bonds. The van der Waals surface area contributed by atoms with Gasteiger partial charge in [-0.1, -0.05) is 71.8 Å². The minimum absolute atomic E-state index is 0.188. The van der Waals surface area contributed by atoms with Crippen LogP contribution in [0.2, 0.25) is 5.02 Å². The van der Waals surface area contributed by atoms with Crippen molar-refractivity contribution in [1.82, 2.24) is 14.5 Å². The first-order chi connectivity index (χ1) is 18.4. The number of hydrogen-bond acceptors (Lipinski definition) is 4. The summed E-state index contributed by atoms with van der Waals surface area (Å²) in [4.78, 5) is 35.8. The van der Waals surface area contributed by atoms with Gasteiger partial charge in [0.2, 0.25) is 0 Å². The molecule has 0 atom stereocenters. The van der Waals surface area contributed by atoms with Gasteiger partial charge in [0, 0.05) is 21.5 Å². The fourth-order valence-corrected chi connectivity index (χ4v) is 6.02. The van der Waals surface area contributed by atoms with Crippen LogP contribution in [0.15, 0.2) is 111 Å². The Bertz CT molecular complexity index is 1980. The molecule has 2 aromatic heterocycles. The molecule has 0 aliphatic carbocycles. The van der Waals surface area contributed by atoms with Gasteiger partial charge in [0.1, 0.15) is 0 Å². The van der Waals surface area contributed by atoms with Crippen molar-refractivity contribution in [2.24, 2.45) is 0 Å². The molecule has 0 aliphatic rings. The third kappa shape index (κ3) is 4.22. The van der Waals surface area contributed by atoms with E-state index < -0.39 is 0 Å². The van der Waals surface area contributed by atoms with E-state index in [0.717, 1.165) is 33.3 Å². The maximum Gasteiger partial charge on any atom is 0.266 e. The molecule has 6 rings (SSSR count). The van der Waals surface area contributed by atoms with Crippen molar-refractivity contribution >= 4 is 45.2 Å². The number of aryl methyl sites for hydroxylation is 2. The van der Waals surface area contributed by atoms with Crippen LogP contribution in [0.4, 0.5) is 0 Å². The lowest BCUT2D eigenvalue weighted by atomic mass is 10.0. The van der Waals surface area contributed by atoms with E-state index in [1.807, 2.05) is 86.6 Å². The topological polar surface area (TPSA) is 67.8 Å². The highest BCUT2D eigenvalue weighted by atomic mass is 35.5. The summed E-state index contributed by atoms with van der Waals surface area (Å²) in [7, 11) is 0. The molecule has 6 aromatic rings. The summed E-state index contributed by atoms with van der Waals surface area (Å²) in [5.41, 5.74) is 5.17. The van der Waals surface area contributed by atoms with Crippen molar-refractivity contribution in [2.45, 2.75) is 23.9 Å². The van der Waals surface area contributed by atoms with Crippen molar-refractivity contribution in [3.05, 3.63) is 128 Å². The maximum absolute atomic E-state index is 13.9. The molecule has 0 saturated heterocycles. The van der Waals surface area contributed by atoms with E-state index >= 15 is 0 Å². The van der Waals surface area contributed by atoms with E-state index in [0.29, 0.717) is 31.5 Å². The molecule has 0 saturated carbocycles. The Labute approximate surface area is 227 Å². The van der Waals surface area contributed by atoms with Crippen molar-refractivity contribution < 1.29 is 0 Å². The van der Waals surface area contributed by atoms with Crippen LogP contribution in [0.5, 0.6) is 0 Å². The second kappa shape index (κ2) is 9.63. The van der Waals surface area contributed by atoms with Gasteiger partial charge in [-0.3, -0.25) is 14.2 Å². The van der Waals surface area contributed by atoms with Crippen molar-refractivity contribution in [1.29, 1.82) is 0 Å². The summed E-state index contributed by atoms with van der Waals surface area (Å²) < 4.78 is 1.61. The van der Waals surface area contributed by atoms with Crippen molar-refractivity contribution in [3.8, 4) is 16.8 Å². The highest BCUT2D eigenvalue weighted by Crippen LogP contribution is 2.38. The molecule has 38 heavy (non-hydrogen) atoms. The molecule has 4 aromatic carbocycles. The van der Waals surface area contributed by atoms with Crippen molar-refractivity contribution in [2.75, 3.05) is 0 Å². The average Bonchev–Trinajstić information content (AvgIpc) is 2.91. The number of aromatic amines is 1. The molecule has 0 fully saturated rings. The normalized spacial score (nSPS) is 11.3. The van der Waals surface area contributed by atoms with Gasteiger partial charge in [0.05, 0.1) is 21.5 Å². The van der Waals surface area contributed by atoms with E-state index in [9.17, 15) is 9.59 Å². The number of para-hydroxylation sites is 1. The van der Waals surface area contributed by atoms with E-state index in [1.54, 1.807) is 22.8 Å². The molecule has 1 N–H and O–H groups in total. The first-order valence-corrected chi connectivity index (χ1v) is 13.3. The number of hydrogen-bond donors (Lipinski definition) is 1. The van der Waals surface area contributed by atoms with Crippen LogP contribution in [0, 0.1) is 13.8 Å². The summed E-state index contributed by atoms with van der Waals surface area (Å²) in [5, 5.41) is 2.30. The van der Waals surface area contributed by atoms with Crippen LogP contribution in [0.1, 0.15) is 11.1 Å². The SMILES string of the molecule is Cc1ccc(-n2c(Sc3c(-c4ccccc4)c4cc(Cl)ccc4[nH]c3=O)nc3ccccc3c2=O)c(C)c1. The zero-order valence-electron chi connectivity index (χ0n) is 20.7. The van der Waals surface area contributed by atoms with E-state index in [2.05, 4.69) is 4.98 Å². The Morgan fingerprint density at radius 3 is 2.39 bits per heavy atom. The van der Waals surface area contributed by atoms with Crippen LogP contribution in [-0.2, 0) is 0 Å². The molecule has 0 spiro atoms. The number of fused-ring (bicyclic) bond motifs is 2. The molecule has 7 heteroatoms. The number of pyridine rings is 1. The first kappa shape index (κ1) is 24.2. The zero-order chi connectivity index (χ0) is 26.4. The fraction of sp³-hybridized carbons (Fsp3) is 0.0645. The molecule has 0 unspecified atom stereocenters. The molecule has 2 heterocycles. The largest absolute Gasteiger partial charge is 0.321 e. The maximum atomic E-state index is 13.9. The van der Waals surface area contributed by atoms with Gasteiger partial charge in [-0.25, -0.2) is 4.98 Å². The predicted octanol–water partition coefficient (Wildman–Crippen LogP) is 7.32. The summed E-state index contributed by atoms with van der Waals surface area (Å²) >= 11 is 7.58. The second-order valence-electron chi connectivity index (χ2n) is 9.16. The summed E-state index contributed by atoms with van der Waals surface area (Å²) in [5.74, 6) is 0. The summed E-state index contributed by atoms with van der Waals surface area (Å²) in [6.45, 7) is 3.98. The minimum Gasteiger partial charge on any atom is -0.321 e. The van der Waals surface area contributed by atoms with Gasteiger partial charge >= 0.3 is 0 Å². The quantitative estimate of drug-likeness (QED) is 0.240. The van der Waals surface area contributed by atoms with E-state index in [1.165, 1.54) is 11.8 Å². The highest BCUT2D eigenvalue weighted by molar-refractivity contribution is 7.99. The number of benzene rings is 4. The number of rotatable bonds is 4. The third-order valence-corrected chi connectivity index (χ3v) is 7.81. The Hall–Kier alpha value is -4.13. The van der Waals surface area contributed by atoms with Gasteiger partial charge in [0.25, 0.3) is 11.1 Å². The van der Waals surface area contributed by atoms with E-state index in [4.69, 9.17) is 16.6 Å². The number of nitrogens with one attached hydrogen (secondary N) is 1. The number of H-pyrrole nitrogens is 1. The molecule has 5 nitrogen and oxygen atoms in total. The van der Waals surface area contributed by atoms with Gasteiger partial charge in [-0.05, 0) is 73.1 Å². The Kier molecular flexibility index (Phi) is 6.14. The van der Waals surface area contributed by atoms with Crippen LogP contribution < -0.4 is 11.1 Å². The van der Waals surface area contributed by atoms with E-state index in [-0.39, 0.29) is 11.1 Å². The van der Waals surface area contributed by atoms with Gasteiger partial charge in [0.15, 0.2) is 5.16 Å². The van der Waals surface area contributed by atoms with Gasteiger partial charge in [-0.15, -0.1) is 0 Å². The van der Waals surface area contributed by atoms with Crippen molar-refractivity contribution in [3.63, 3.8) is 0 Å². The number of halogens is 1. The monoisotopic (exact) mass is 535 g/mol. The Morgan fingerprint density at radius 2 is 1.61 bits per heavy atom. The fourth-order valence-electron chi connectivity index (χ4n) is 4.78. The smallest absolute Gasteiger partial charge is 0.266 e. The lowest BCUT2D eigenvalue weighted by Gasteiger charge is -2.17. The van der Waals surface area contributed by atoms with Crippen LogP contribution in [0.25, 0.3) is 38.6 Å². The molecule has 0 bridgehead atoms. The lowest BCUT2D eigenvalue weighted by Crippen LogP contribution is -2.23. The van der Waals surface area contributed by atoms with Gasteiger partial charge < -0.3 is 4.98 Å². The Morgan fingerprint density at radius 1 is 0.842 bits per heavy atom. The molecule has 0 aliphatic heterocycles. The molecule has 186 valence electrons. The predicted molar refractivity (Wildman–Crippen MR) is 156 cm³/mol. The van der Waals surface area contributed by atoms with Crippen LogP contribution in [0.3, 0.4) is 0 Å². The standard InChI is InChI=1S/C31H22ClN3O2S/c1-18-12-15-26(19(2)16-18)35-30(37)22-10-6-7-11-24(22)34-31(35)38-28-27(20-8-4-3-5-9-20)23-17-21(32)13-14-25(23)33-29(28)36/h3-17H,1-2H3,(H,33,36). The second-order valence-corrected chi connectivity index (χ2v) is 10.6. The molecular formula is C31H22ClN3O2S. The van der Waals surface area contributed by atoms with Crippen LogP contribution >= 0.6 is 23.4 Å². The Balaban J connectivity index is 1.68. The zero-order valence-corrected chi connectivity index (χ0v) is 22.2. The lowest BCUT2D eigenvalue weighted by molar-refractivity contribution is 0.813. The molecule has 0 radical (unpaired) electrons. The van der Waals surface area contributed by atoms with Gasteiger partial charge in [-0.2, -0.15) is 0 Å². The molecular weight excluding hydrogens is 514 g/mol. The number of aromatic nitrogens is 3. The minimum atomic E-state index is -0.265. The third-order valence-electron chi connectivity index (χ3n) is 6.53. The highest BCUT2D eigenvalue weighted by Gasteiger charge is 2.21. The average molecular weight is 536 g/mol. The number of nitrogens with zero attached hydrogens (tertiary/aromatic N) is 2.